The van der Waals surface area contributed by atoms with Gasteiger partial charge in [-0.2, -0.15) is 4.57 Å². The number of oxazole rings is 1. The molecule has 30 heavy (non-hydrogen) atoms. The Morgan fingerprint density at radius 3 is 2.80 bits per heavy atom. The first-order valence-electron chi connectivity index (χ1n) is 9.22. The van der Waals surface area contributed by atoms with Gasteiger partial charge in [0.25, 0.3) is 0 Å². The summed E-state index contributed by atoms with van der Waals surface area (Å²) in [6, 6.07) is 3.50. The zero-order valence-electron chi connectivity index (χ0n) is 16.9. The van der Waals surface area contributed by atoms with Crippen molar-refractivity contribution in [2.24, 2.45) is 0 Å². The number of anilines is 1. The predicted octanol–water partition coefficient (Wildman–Crippen LogP) is 3.27. The zero-order chi connectivity index (χ0) is 21.7. The molecule has 2 N–H and O–H groups in total. The summed E-state index contributed by atoms with van der Waals surface area (Å²) in [5.74, 6) is 0.938. The molecule has 0 spiro atoms. The average molecular weight is 448 g/mol. The molecule has 0 unspecified atom stereocenters. The maximum Gasteiger partial charge on any atom is 0.370 e. The Hall–Kier alpha value is -2.72. The lowest BCUT2D eigenvalue weighted by atomic mass is 9.94. The van der Waals surface area contributed by atoms with Gasteiger partial charge in [0.2, 0.25) is 18.3 Å². The number of carboxylic acid groups (broad SMARTS) is 1. The number of aromatic nitrogens is 3. The number of thioether (sulfide) groups is 1. The van der Waals surface area contributed by atoms with Crippen molar-refractivity contribution in [3.8, 4) is 0 Å². The molecule has 0 saturated heterocycles. The third-order valence-corrected chi connectivity index (χ3v) is 6.06. The number of rotatable bonds is 8. The van der Waals surface area contributed by atoms with E-state index < -0.39 is 5.97 Å². The Morgan fingerprint density at radius 2 is 2.10 bits per heavy atom. The lowest BCUT2D eigenvalue weighted by molar-refractivity contribution is -0.686. The molecule has 0 bridgehead atoms. The van der Waals surface area contributed by atoms with Gasteiger partial charge in [-0.1, -0.05) is 32.1 Å². The van der Waals surface area contributed by atoms with Crippen molar-refractivity contribution in [3.05, 3.63) is 54.1 Å². The highest BCUT2D eigenvalue weighted by Gasteiger charge is 2.19. The Balaban J connectivity index is 1.52. The molecular weight excluding hydrogens is 424 g/mol. The smallest absolute Gasteiger partial charge is 0.370 e. The van der Waals surface area contributed by atoms with Crippen molar-refractivity contribution < 1.29 is 23.7 Å². The normalized spacial score (nSPS) is 11.4. The quantitative estimate of drug-likeness (QED) is 0.403. The molecule has 3 heterocycles. The summed E-state index contributed by atoms with van der Waals surface area (Å²) in [4.78, 5) is 31.7. The third-order valence-electron chi connectivity index (χ3n) is 3.96. The molecule has 0 fully saturated rings. The summed E-state index contributed by atoms with van der Waals surface area (Å²) in [7, 11) is 0. The molecule has 0 aromatic carbocycles. The van der Waals surface area contributed by atoms with Crippen LogP contribution in [-0.2, 0) is 33.7 Å². The number of aliphatic carboxylic acids is 1. The van der Waals surface area contributed by atoms with Gasteiger partial charge in [0, 0.05) is 17.0 Å². The monoisotopic (exact) mass is 447 g/mol. The van der Waals surface area contributed by atoms with Gasteiger partial charge >= 0.3 is 5.97 Å². The van der Waals surface area contributed by atoms with Gasteiger partial charge in [0.15, 0.2) is 17.5 Å². The van der Waals surface area contributed by atoms with Crippen molar-refractivity contribution >= 4 is 40.1 Å². The highest BCUT2D eigenvalue weighted by Crippen LogP contribution is 2.31. The lowest BCUT2D eigenvalue weighted by Crippen LogP contribution is -2.37. The average Bonchev–Trinajstić information content (AvgIpc) is 3.28. The summed E-state index contributed by atoms with van der Waals surface area (Å²) >= 11 is 2.93. The molecule has 3 aromatic heterocycles. The van der Waals surface area contributed by atoms with Crippen LogP contribution in [0.25, 0.3) is 0 Å². The second kappa shape index (κ2) is 9.40. The van der Waals surface area contributed by atoms with Crippen LogP contribution in [0.15, 0.2) is 45.5 Å². The van der Waals surface area contributed by atoms with Gasteiger partial charge < -0.3 is 14.8 Å². The van der Waals surface area contributed by atoms with E-state index in [9.17, 15) is 9.59 Å². The number of carbonyl (C=O) groups excluding carboxylic acids is 1. The Labute approximate surface area is 182 Å². The van der Waals surface area contributed by atoms with E-state index in [2.05, 4.69) is 36.1 Å². The van der Waals surface area contributed by atoms with Crippen molar-refractivity contribution in [2.45, 2.75) is 49.1 Å². The SMILES string of the molecule is CC(C)(C)c1cnc(CSc2cnc(NC(=O)Cc3ccc[n+](CC(=O)O)c3)s2)o1. The van der Waals surface area contributed by atoms with Crippen LogP contribution in [0.2, 0.25) is 0 Å². The molecule has 0 radical (unpaired) electrons. The zero-order valence-corrected chi connectivity index (χ0v) is 18.5. The van der Waals surface area contributed by atoms with Crippen LogP contribution in [-0.4, -0.2) is 27.0 Å². The predicted molar refractivity (Wildman–Crippen MR) is 113 cm³/mol. The number of thiazole rings is 1. The van der Waals surface area contributed by atoms with E-state index in [0.717, 1.165) is 15.5 Å². The summed E-state index contributed by atoms with van der Waals surface area (Å²) in [6.07, 6.45) is 6.91. The number of nitrogens with one attached hydrogen (secondary N) is 1. The molecule has 0 aliphatic rings. The summed E-state index contributed by atoms with van der Waals surface area (Å²) in [6.45, 7) is 6.07. The van der Waals surface area contributed by atoms with E-state index in [1.165, 1.54) is 15.9 Å². The standard InChI is InChI=1S/C20H22N4O4S2/c1-20(2,3)14-8-21-16(28-14)12-29-18-9-22-19(30-18)23-15(25)7-13-5-4-6-24(10-13)11-17(26)27/h4-6,8-10H,7,11-12H2,1-3H3,(H-,22,23,25,26,27)/p+1. The minimum atomic E-state index is -0.936. The molecule has 1 amide bonds. The molecule has 8 nitrogen and oxygen atoms in total. The molecule has 158 valence electrons. The van der Waals surface area contributed by atoms with Crippen molar-refractivity contribution in [3.63, 3.8) is 0 Å². The fraction of sp³-hybridized carbons (Fsp3) is 0.350. The number of carbonyl (C=O) groups is 2. The van der Waals surface area contributed by atoms with Crippen LogP contribution in [0.1, 0.15) is 38.0 Å². The largest absolute Gasteiger partial charge is 0.477 e. The Kier molecular flexibility index (Phi) is 6.88. The number of pyridine rings is 1. The first-order valence-corrected chi connectivity index (χ1v) is 11.0. The minimum Gasteiger partial charge on any atom is -0.477 e. The molecule has 0 atom stereocenters. The second-order valence-corrected chi connectivity index (χ2v) is 9.95. The first-order chi connectivity index (χ1) is 14.2. The highest BCUT2D eigenvalue weighted by molar-refractivity contribution is 8.00. The molecule has 3 rings (SSSR count). The molecule has 0 saturated carbocycles. The highest BCUT2D eigenvalue weighted by atomic mass is 32.2. The van der Waals surface area contributed by atoms with Crippen LogP contribution in [0.5, 0.6) is 0 Å². The number of nitrogens with zero attached hydrogens (tertiary/aromatic N) is 3. The van der Waals surface area contributed by atoms with Crippen LogP contribution in [0.3, 0.4) is 0 Å². The van der Waals surface area contributed by atoms with Crippen molar-refractivity contribution in [1.82, 2.24) is 9.97 Å². The number of hydrogen-bond donors (Lipinski definition) is 2. The topological polar surface area (TPSA) is 109 Å². The van der Waals surface area contributed by atoms with Crippen LogP contribution in [0, 0.1) is 0 Å². The van der Waals surface area contributed by atoms with Gasteiger partial charge in [-0.05, 0) is 6.07 Å². The maximum absolute atomic E-state index is 12.3. The molecule has 0 aliphatic heterocycles. The molecule has 0 aliphatic carbocycles. The van der Waals surface area contributed by atoms with Crippen molar-refractivity contribution in [2.75, 3.05) is 5.32 Å². The summed E-state index contributed by atoms with van der Waals surface area (Å²) in [5, 5.41) is 12.2. The minimum absolute atomic E-state index is 0.0799. The lowest BCUT2D eigenvalue weighted by Gasteiger charge is -2.12. The van der Waals surface area contributed by atoms with Gasteiger partial charge in [-0.25, -0.2) is 14.8 Å². The number of amides is 1. The van der Waals surface area contributed by atoms with Crippen LogP contribution < -0.4 is 9.88 Å². The Bertz CT molecular complexity index is 1040. The van der Waals surface area contributed by atoms with Crippen molar-refractivity contribution in [1.29, 1.82) is 0 Å². The van der Waals surface area contributed by atoms with Gasteiger partial charge in [0.05, 0.1) is 28.8 Å². The fourth-order valence-corrected chi connectivity index (χ4v) is 4.27. The van der Waals surface area contributed by atoms with Gasteiger partial charge in [-0.15, -0.1) is 11.8 Å². The molecule has 10 heteroatoms. The number of hydrogen-bond acceptors (Lipinski definition) is 7. The van der Waals surface area contributed by atoms with E-state index in [4.69, 9.17) is 9.52 Å². The van der Waals surface area contributed by atoms with E-state index in [1.54, 1.807) is 48.7 Å². The van der Waals surface area contributed by atoms with Crippen LogP contribution >= 0.6 is 23.1 Å². The fourth-order valence-electron chi connectivity index (χ4n) is 2.52. The maximum atomic E-state index is 12.3. The number of carboxylic acids is 1. The van der Waals surface area contributed by atoms with E-state index in [1.807, 2.05) is 0 Å². The first kappa shape index (κ1) is 22.0. The molecular formula is C20H23N4O4S2+. The van der Waals surface area contributed by atoms with Gasteiger partial charge in [0.1, 0.15) is 5.76 Å². The third kappa shape index (κ3) is 6.39. The summed E-state index contributed by atoms with van der Waals surface area (Å²) < 4.78 is 8.25. The van der Waals surface area contributed by atoms with E-state index >= 15 is 0 Å². The Morgan fingerprint density at radius 1 is 1.30 bits per heavy atom. The second-order valence-electron chi connectivity index (χ2n) is 7.64. The van der Waals surface area contributed by atoms with Crippen LogP contribution in [0.4, 0.5) is 5.13 Å². The van der Waals surface area contributed by atoms with E-state index in [-0.39, 0.29) is 24.3 Å². The van der Waals surface area contributed by atoms with E-state index in [0.29, 0.717) is 16.8 Å². The summed E-state index contributed by atoms with van der Waals surface area (Å²) in [5.41, 5.74) is 0.643. The molecule has 3 aromatic rings. The van der Waals surface area contributed by atoms with Gasteiger partial charge in [-0.3, -0.25) is 4.79 Å².